The highest BCUT2D eigenvalue weighted by Crippen LogP contribution is 2.33. The number of hydrogen-bond acceptors (Lipinski definition) is 3. The van der Waals surface area contributed by atoms with Gasteiger partial charge in [-0.25, -0.2) is 0 Å². The topological polar surface area (TPSA) is 46.5 Å². The first kappa shape index (κ1) is 18.8. The van der Waals surface area contributed by atoms with Crippen LogP contribution >= 0.6 is 11.3 Å². The van der Waals surface area contributed by atoms with Crippen LogP contribution in [0.25, 0.3) is 5.57 Å². The van der Waals surface area contributed by atoms with E-state index >= 15 is 0 Å². The van der Waals surface area contributed by atoms with Crippen LogP contribution in [0.4, 0.5) is 0 Å². The van der Waals surface area contributed by atoms with E-state index in [2.05, 4.69) is 24.1 Å². The van der Waals surface area contributed by atoms with E-state index in [4.69, 9.17) is 11.2 Å². The van der Waals surface area contributed by atoms with Crippen LogP contribution in [0.15, 0.2) is 30.3 Å². The number of rotatable bonds is 7. The van der Waals surface area contributed by atoms with E-state index in [-0.39, 0.29) is 6.42 Å². The van der Waals surface area contributed by atoms with E-state index in [0.29, 0.717) is 6.42 Å². The Labute approximate surface area is 153 Å². The highest BCUT2D eigenvalue weighted by molar-refractivity contribution is 7.12. The molecule has 0 fully saturated rings. The summed E-state index contributed by atoms with van der Waals surface area (Å²) in [6, 6.07) is 7.92. The Balaban J connectivity index is 2.35. The minimum atomic E-state index is -0.850. The highest BCUT2D eigenvalue weighted by atomic mass is 32.1. The Morgan fingerprint density at radius 1 is 1.32 bits per heavy atom. The van der Waals surface area contributed by atoms with Gasteiger partial charge in [-0.3, -0.25) is 4.79 Å². The van der Waals surface area contributed by atoms with Crippen molar-refractivity contribution >= 4 is 22.9 Å². The van der Waals surface area contributed by atoms with Crippen molar-refractivity contribution in [1.82, 2.24) is 0 Å². The van der Waals surface area contributed by atoms with Gasteiger partial charge in [0.1, 0.15) is 5.75 Å². The van der Waals surface area contributed by atoms with E-state index in [1.54, 1.807) is 18.4 Å². The van der Waals surface area contributed by atoms with Crippen LogP contribution in [-0.4, -0.2) is 18.2 Å². The molecule has 0 radical (unpaired) electrons. The minimum Gasteiger partial charge on any atom is -0.496 e. The molecule has 0 unspecified atom stereocenters. The fourth-order valence-corrected chi connectivity index (χ4v) is 3.75. The standard InChI is InChI=1S/C21H22O3S/c1-5-6-17-11-12-18(25-17)10-8-14(2)20-16(13-19(22)23)9-7-15(3)21(20)24-4/h1,7-9,11-12H,6,10,13H2,2-4H3,(H,22,23). The van der Waals surface area contributed by atoms with Crippen LogP contribution < -0.4 is 4.74 Å². The molecule has 25 heavy (non-hydrogen) atoms. The molecule has 2 aromatic rings. The van der Waals surface area contributed by atoms with Gasteiger partial charge in [-0.1, -0.05) is 18.2 Å². The number of thiophene rings is 1. The molecule has 130 valence electrons. The molecular weight excluding hydrogens is 332 g/mol. The van der Waals surface area contributed by atoms with Crippen molar-refractivity contribution in [2.45, 2.75) is 33.1 Å². The van der Waals surface area contributed by atoms with Crippen LogP contribution in [0.3, 0.4) is 0 Å². The molecule has 0 saturated heterocycles. The van der Waals surface area contributed by atoms with Crippen LogP contribution in [0.5, 0.6) is 5.75 Å². The molecule has 1 heterocycles. The van der Waals surface area contributed by atoms with Crippen molar-refractivity contribution in [2.24, 2.45) is 0 Å². The number of aliphatic carboxylic acids is 1. The summed E-state index contributed by atoms with van der Waals surface area (Å²) in [7, 11) is 1.62. The predicted molar refractivity (Wildman–Crippen MR) is 103 cm³/mol. The second-order valence-electron chi connectivity index (χ2n) is 5.86. The van der Waals surface area contributed by atoms with Crippen molar-refractivity contribution < 1.29 is 14.6 Å². The Bertz CT molecular complexity index is 837. The van der Waals surface area contributed by atoms with Gasteiger partial charge in [-0.05, 0) is 42.7 Å². The molecule has 0 amide bonds. The lowest BCUT2D eigenvalue weighted by molar-refractivity contribution is -0.136. The number of carboxylic acid groups (broad SMARTS) is 1. The number of benzene rings is 1. The summed E-state index contributed by atoms with van der Waals surface area (Å²) in [5.41, 5.74) is 3.66. The molecule has 1 aromatic carbocycles. The third kappa shape index (κ3) is 4.74. The van der Waals surface area contributed by atoms with E-state index in [1.807, 2.05) is 26.0 Å². The lowest BCUT2D eigenvalue weighted by Crippen LogP contribution is -2.05. The lowest BCUT2D eigenvalue weighted by Gasteiger charge is -2.16. The Hall–Kier alpha value is -2.51. The van der Waals surface area contributed by atoms with E-state index < -0.39 is 5.97 Å². The smallest absolute Gasteiger partial charge is 0.307 e. The molecule has 3 nitrogen and oxygen atoms in total. The Morgan fingerprint density at radius 3 is 2.68 bits per heavy atom. The van der Waals surface area contributed by atoms with E-state index in [9.17, 15) is 9.90 Å². The molecule has 0 saturated carbocycles. The van der Waals surface area contributed by atoms with E-state index in [0.717, 1.165) is 34.4 Å². The minimum absolute atomic E-state index is 0.0253. The molecule has 1 N–H and O–H groups in total. The summed E-state index contributed by atoms with van der Waals surface area (Å²) < 4.78 is 5.55. The zero-order valence-electron chi connectivity index (χ0n) is 14.8. The van der Waals surface area contributed by atoms with Gasteiger partial charge in [0.05, 0.1) is 13.5 Å². The van der Waals surface area contributed by atoms with Gasteiger partial charge in [-0.2, -0.15) is 0 Å². The largest absolute Gasteiger partial charge is 0.496 e. The monoisotopic (exact) mass is 354 g/mol. The zero-order chi connectivity index (χ0) is 18.4. The molecule has 0 aliphatic heterocycles. The first-order valence-electron chi connectivity index (χ1n) is 8.02. The van der Waals surface area contributed by atoms with Gasteiger partial charge in [0.15, 0.2) is 0 Å². The third-order valence-electron chi connectivity index (χ3n) is 3.98. The average Bonchev–Trinajstić information content (AvgIpc) is 3.01. The number of carboxylic acids is 1. The number of terminal acetylenes is 1. The summed E-state index contributed by atoms with van der Waals surface area (Å²) in [5, 5.41) is 9.19. The highest BCUT2D eigenvalue weighted by Gasteiger charge is 2.15. The fraction of sp³-hybridized carbons (Fsp3) is 0.286. The normalized spacial score (nSPS) is 11.2. The zero-order valence-corrected chi connectivity index (χ0v) is 15.6. The second-order valence-corrected chi connectivity index (χ2v) is 7.11. The number of ether oxygens (including phenoxy) is 1. The molecule has 0 spiro atoms. The molecule has 0 bridgehead atoms. The molecule has 1 aromatic heterocycles. The first-order valence-corrected chi connectivity index (χ1v) is 8.84. The summed E-state index contributed by atoms with van der Waals surface area (Å²) >= 11 is 1.71. The molecular formula is C21H22O3S. The van der Waals surface area contributed by atoms with Gasteiger partial charge < -0.3 is 9.84 Å². The molecule has 0 atom stereocenters. The van der Waals surface area contributed by atoms with Crippen molar-refractivity contribution in [3.8, 4) is 18.1 Å². The van der Waals surface area contributed by atoms with Crippen LogP contribution in [0.2, 0.25) is 0 Å². The van der Waals surface area contributed by atoms with Gasteiger partial charge >= 0.3 is 5.97 Å². The van der Waals surface area contributed by atoms with Crippen LogP contribution in [0, 0.1) is 19.3 Å². The fourth-order valence-electron chi connectivity index (χ4n) is 2.82. The van der Waals surface area contributed by atoms with E-state index in [1.165, 1.54) is 9.75 Å². The van der Waals surface area contributed by atoms with Gasteiger partial charge in [0.25, 0.3) is 0 Å². The summed E-state index contributed by atoms with van der Waals surface area (Å²) in [6.45, 7) is 3.96. The van der Waals surface area contributed by atoms with Crippen molar-refractivity contribution in [3.05, 3.63) is 56.8 Å². The number of aryl methyl sites for hydroxylation is 1. The maximum atomic E-state index is 11.2. The Morgan fingerprint density at radius 2 is 2.04 bits per heavy atom. The number of methoxy groups -OCH3 is 1. The maximum absolute atomic E-state index is 11.2. The van der Waals surface area contributed by atoms with Crippen LogP contribution in [0.1, 0.15) is 33.4 Å². The predicted octanol–water partition coefficient (Wildman–Crippen LogP) is 4.51. The molecule has 0 aliphatic rings. The van der Waals surface area contributed by atoms with Crippen LogP contribution in [-0.2, 0) is 24.1 Å². The molecule has 4 heteroatoms. The number of hydrogen-bond donors (Lipinski definition) is 1. The lowest BCUT2D eigenvalue weighted by atomic mass is 9.94. The van der Waals surface area contributed by atoms with Gasteiger partial charge in [-0.15, -0.1) is 23.7 Å². The van der Waals surface area contributed by atoms with Gasteiger partial charge in [0.2, 0.25) is 0 Å². The SMILES string of the molecule is C#CCc1ccc(CC=C(C)c2c(CC(=O)O)ccc(C)c2OC)s1. The third-order valence-corrected chi connectivity index (χ3v) is 5.09. The number of allylic oxidation sites excluding steroid dienone is 2. The maximum Gasteiger partial charge on any atom is 0.307 e. The quantitative estimate of drug-likeness (QED) is 0.744. The van der Waals surface area contributed by atoms with Crippen molar-refractivity contribution in [2.75, 3.05) is 7.11 Å². The summed E-state index contributed by atoms with van der Waals surface area (Å²) in [6.07, 6.45) is 8.88. The Kier molecular flexibility index (Phi) is 6.44. The van der Waals surface area contributed by atoms with Crippen molar-refractivity contribution in [1.29, 1.82) is 0 Å². The first-order chi connectivity index (χ1) is 12.0. The van der Waals surface area contributed by atoms with Gasteiger partial charge in [0, 0.05) is 28.2 Å². The molecule has 0 aliphatic carbocycles. The molecule has 2 rings (SSSR count). The summed E-state index contributed by atoms with van der Waals surface area (Å²) in [4.78, 5) is 13.6. The second kappa shape index (κ2) is 8.55. The van der Waals surface area contributed by atoms with Crippen molar-refractivity contribution in [3.63, 3.8) is 0 Å². The summed E-state index contributed by atoms with van der Waals surface area (Å²) in [5.74, 6) is 2.55. The average molecular weight is 354 g/mol. The number of carbonyl (C=O) groups is 1.